The third kappa shape index (κ3) is 3.43. The molecule has 2 aliphatic rings. The van der Waals surface area contributed by atoms with E-state index < -0.39 is 0 Å². The first-order valence-electron chi connectivity index (χ1n) is 6.03. The van der Waals surface area contributed by atoms with Crippen molar-refractivity contribution >= 4 is 5.91 Å². The molecule has 1 heterocycles. The topological polar surface area (TPSA) is 61.8 Å². The van der Waals surface area contributed by atoms with E-state index in [9.17, 15) is 4.79 Å². The van der Waals surface area contributed by atoms with Crippen LogP contribution in [-0.4, -0.2) is 60.9 Å². The number of hydrogen-bond acceptors (Lipinski definition) is 4. The summed E-state index contributed by atoms with van der Waals surface area (Å²) in [7, 11) is 0. The Morgan fingerprint density at radius 3 is 3.00 bits per heavy atom. The van der Waals surface area contributed by atoms with Gasteiger partial charge in [0.1, 0.15) is 0 Å². The molecule has 0 bridgehead atoms. The predicted octanol–water partition coefficient (Wildman–Crippen LogP) is -0.652. The van der Waals surface area contributed by atoms with Crippen molar-refractivity contribution in [2.75, 3.05) is 32.8 Å². The minimum Gasteiger partial charge on any atom is -0.394 e. The van der Waals surface area contributed by atoms with Crippen LogP contribution in [0.5, 0.6) is 0 Å². The van der Waals surface area contributed by atoms with E-state index in [1.54, 1.807) is 4.90 Å². The monoisotopic (exact) mass is 228 g/mol. The van der Waals surface area contributed by atoms with E-state index in [2.05, 4.69) is 5.32 Å². The van der Waals surface area contributed by atoms with Gasteiger partial charge >= 0.3 is 0 Å². The molecule has 1 saturated heterocycles. The van der Waals surface area contributed by atoms with Crippen LogP contribution in [0.4, 0.5) is 0 Å². The molecule has 1 atom stereocenters. The van der Waals surface area contributed by atoms with E-state index in [-0.39, 0.29) is 18.6 Å². The molecule has 1 saturated carbocycles. The van der Waals surface area contributed by atoms with E-state index in [0.29, 0.717) is 32.2 Å². The number of nitrogens with zero attached hydrogens (tertiary/aromatic N) is 1. The molecule has 16 heavy (non-hydrogen) atoms. The molecule has 0 radical (unpaired) electrons. The largest absolute Gasteiger partial charge is 0.394 e. The minimum atomic E-state index is -0.200. The maximum absolute atomic E-state index is 11.8. The van der Waals surface area contributed by atoms with Gasteiger partial charge < -0.3 is 20.1 Å². The summed E-state index contributed by atoms with van der Waals surface area (Å²) in [6, 6.07) is 0.655. The summed E-state index contributed by atoms with van der Waals surface area (Å²) in [5.41, 5.74) is 0. The fourth-order valence-electron chi connectivity index (χ4n) is 1.89. The van der Waals surface area contributed by atoms with E-state index in [0.717, 1.165) is 6.54 Å². The number of hydrogen-bond donors (Lipinski definition) is 2. The Bertz CT molecular complexity index is 243. The van der Waals surface area contributed by atoms with Crippen molar-refractivity contribution in [1.82, 2.24) is 10.2 Å². The molecule has 5 heteroatoms. The van der Waals surface area contributed by atoms with Crippen molar-refractivity contribution in [1.29, 1.82) is 0 Å². The van der Waals surface area contributed by atoms with Crippen LogP contribution in [0.15, 0.2) is 0 Å². The molecule has 0 aromatic heterocycles. The van der Waals surface area contributed by atoms with E-state index in [1.165, 1.54) is 12.8 Å². The number of ether oxygens (including phenoxy) is 1. The van der Waals surface area contributed by atoms with Crippen LogP contribution in [0, 0.1) is 0 Å². The van der Waals surface area contributed by atoms with Gasteiger partial charge in [-0.15, -0.1) is 0 Å². The maximum atomic E-state index is 11.8. The molecule has 1 aliphatic heterocycles. The smallest absolute Gasteiger partial charge is 0.224 e. The maximum Gasteiger partial charge on any atom is 0.224 e. The molecule has 2 rings (SSSR count). The van der Waals surface area contributed by atoms with Gasteiger partial charge in [0.2, 0.25) is 5.91 Å². The Labute approximate surface area is 95.8 Å². The summed E-state index contributed by atoms with van der Waals surface area (Å²) >= 11 is 0. The van der Waals surface area contributed by atoms with Crippen molar-refractivity contribution in [2.24, 2.45) is 0 Å². The van der Waals surface area contributed by atoms with Crippen molar-refractivity contribution in [2.45, 2.75) is 31.4 Å². The Hall–Kier alpha value is -0.650. The normalized spacial score (nSPS) is 25.8. The molecular weight excluding hydrogens is 208 g/mol. The zero-order chi connectivity index (χ0) is 11.4. The molecule has 0 aromatic carbocycles. The van der Waals surface area contributed by atoms with Gasteiger partial charge in [0.25, 0.3) is 0 Å². The van der Waals surface area contributed by atoms with E-state index >= 15 is 0 Å². The molecule has 2 N–H and O–H groups in total. The van der Waals surface area contributed by atoms with Gasteiger partial charge in [-0.05, 0) is 12.8 Å². The molecule has 0 aromatic rings. The van der Waals surface area contributed by atoms with Gasteiger partial charge in [-0.3, -0.25) is 4.79 Å². The Balaban J connectivity index is 1.66. The highest BCUT2D eigenvalue weighted by molar-refractivity contribution is 5.76. The summed E-state index contributed by atoms with van der Waals surface area (Å²) in [5, 5.41) is 12.3. The zero-order valence-electron chi connectivity index (χ0n) is 9.52. The average molecular weight is 228 g/mol. The number of aliphatic hydroxyl groups is 1. The lowest BCUT2D eigenvalue weighted by atomic mass is 10.2. The van der Waals surface area contributed by atoms with Gasteiger partial charge in [-0.1, -0.05) is 0 Å². The third-order valence-corrected chi connectivity index (χ3v) is 3.04. The van der Waals surface area contributed by atoms with Crippen LogP contribution >= 0.6 is 0 Å². The molecule has 0 spiro atoms. The summed E-state index contributed by atoms with van der Waals surface area (Å²) in [6.07, 6.45) is 2.85. The molecular formula is C11H20N2O3. The highest BCUT2D eigenvalue weighted by Crippen LogP contribution is 2.18. The van der Waals surface area contributed by atoms with Gasteiger partial charge in [0.15, 0.2) is 0 Å². The standard InChI is InChI=1S/C11H20N2O3/c14-8-10-7-13(5-6-16-10)11(15)3-4-12-9-1-2-9/h9-10,12,14H,1-8H2. The first kappa shape index (κ1) is 11.8. The summed E-state index contributed by atoms with van der Waals surface area (Å²) in [6.45, 7) is 2.47. The average Bonchev–Trinajstić information content (AvgIpc) is 3.13. The molecule has 2 fully saturated rings. The quantitative estimate of drug-likeness (QED) is 0.656. The number of carbonyl (C=O) groups excluding carboxylic acids is 1. The van der Waals surface area contributed by atoms with Gasteiger partial charge in [-0.2, -0.15) is 0 Å². The van der Waals surface area contributed by atoms with Gasteiger partial charge in [0.05, 0.1) is 19.3 Å². The fourth-order valence-corrected chi connectivity index (χ4v) is 1.89. The van der Waals surface area contributed by atoms with E-state index in [4.69, 9.17) is 9.84 Å². The summed E-state index contributed by atoms with van der Waals surface area (Å²) < 4.78 is 5.30. The zero-order valence-corrected chi connectivity index (χ0v) is 9.52. The first-order chi connectivity index (χ1) is 7.79. The molecule has 1 aliphatic carbocycles. The SMILES string of the molecule is O=C(CCNC1CC1)N1CCOC(CO)C1. The first-order valence-corrected chi connectivity index (χ1v) is 6.03. The number of morpholine rings is 1. The van der Waals surface area contributed by atoms with Crippen molar-refractivity contribution < 1.29 is 14.6 Å². The molecule has 5 nitrogen and oxygen atoms in total. The van der Waals surface area contributed by atoms with Crippen LogP contribution in [0.1, 0.15) is 19.3 Å². The van der Waals surface area contributed by atoms with Crippen LogP contribution < -0.4 is 5.32 Å². The number of rotatable bonds is 5. The Kier molecular flexibility index (Phi) is 4.15. The second kappa shape index (κ2) is 5.61. The molecule has 1 amide bonds. The summed E-state index contributed by atoms with van der Waals surface area (Å²) in [4.78, 5) is 13.6. The Morgan fingerprint density at radius 2 is 2.31 bits per heavy atom. The lowest BCUT2D eigenvalue weighted by Crippen LogP contribution is -2.47. The minimum absolute atomic E-state index is 0.00982. The predicted molar refractivity (Wildman–Crippen MR) is 59.0 cm³/mol. The van der Waals surface area contributed by atoms with Crippen LogP contribution in [0.2, 0.25) is 0 Å². The van der Waals surface area contributed by atoms with Crippen molar-refractivity contribution in [3.8, 4) is 0 Å². The van der Waals surface area contributed by atoms with Gasteiger partial charge in [0, 0.05) is 32.1 Å². The third-order valence-electron chi connectivity index (χ3n) is 3.04. The van der Waals surface area contributed by atoms with Crippen molar-refractivity contribution in [3.05, 3.63) is 0 Å². The van der Waals surface area contributed by atoms with Gasteiger partial charge in [-0.25, -0.2) is 0 Å². The van der Waals surface area contributed by atoms with Crippen molar-refractivity contribution in [3.63, 3.8) is 0 Å². The highest BCUT2D eigenvalue weighted by Gasteiger charge is 2.24. The molecule has 1 unspecified atom stereocenters. The van der Waals surface area contributed by atoms with E-state index in [1.807, 2.05) is 0 Å². The molecule has 92 valence electrons. The highest BCUT2D eigenvalue weighted by atomic mass is 16.5. The van der Waals surface area contributed by atoms with Crippen LogP contribution in [0.25, 0.3) is 0 Å². The number of carbonyl (C=O) groups is 1. The second-order valence-electron chi connectivity index (χ2n) is 4.49. The summed E-state index contributed by atoms with van der Waals surface area (Å²) in [5.74, 6) is 0.162. The number of amides is 1. The van der Waals surface area contributed by atoms with Crippen LogP contribution in [0.3, 0.4) is 0 Å². The lowest BCUT2D eigenvalue weighted by molar-refractivity contribution is -0.140. The number of aliphatic hydroxyl groups excluding tert-OH is 1. The number of nitrogens with one attached hydrogen (secondary N) is 1. The van der Waals surface area contributed by atoms with Crippen LogP contribution in [-0.2, 0) is 9.53 Å². The Morgan fingerprint density at radius 1 is 1.50 bits per heavy atom. The lowest BCUT2D eigenvalue weighted by Gasteiger charge is -2.32. The fraction of sp³-hybridized carbons (Fsp3) is 0.909. The second-order valence-corrected chi connectivity index (χ2v) is 4.49.